The first kappa shape index (κ1) is 11.1. The minimum atomic E-state index is -0.164. The SMILES string of the molecule is O=C1CC(CCc2ccc(Cl)cc2)C(=O)N1. The van der Waals surface area contributed by atoms with Gasteiger partial charge >= 0.3 is 0 Å². The monoisotopic (exact) mass is 237 g/mol. The summed E-state index contributed by atoms with van der Waals surface area (Å²) in [4.78, 5) is 22.3. The summed E-state index contributed by atoms with van der Waals surface area (Å²) in [5.41, 5.74) is 1.14. The molecule has 1 heterocycles. The molecule has 1 aliphatic heterocycles. The van der Waals surface area contributed by atoms with Crippen LogP contribution in [-0.4, -0.2) is 11.8 Å². The summed E-state index contributed by atoms with van der Waals surface area (Å²) < 4.78 is 0. The Balaban J connectivity index is 1.90. The van der Waals surface area contributed by atoms with Crippen molar-refractivity contribution in [3.8, 4) is 0 Å². The molecule has 1 unspecified atom stereocenters. The van der Waals surface area contributed by atoms with E-state index >= 15 is 0 Å². The van der Waals surface area contributed by atoms with Crippen molar-refractivity contribution in [2.75, 3.05) is 0 Å². The maximum Gasteiger partial charge on any atom is 0.230 e. The van der Waals surface area contributed by atoms with Crippen LogP contribution < -0.4 is 5.32 Å². The number of amides is 2. The van der Waals surface area contributed by atoms with Crippen molar-refractivity contribution in [2.24, 2.45) is 5.92 Å². The molecule has 0 saturated carbocycles. The summed E-state index contributed by atoms with van der Waals surface area (Å²) in [6, 6.07) is 7.54. The molecule has 4 heteroatoms. The predicted molar refractivity (Wildman–Crippen MR) is 61.0 cm³/mol. The lowest BCUT2D eigenvalue weighted by molar-refractivity contribution is -0.125. The van der Waals surface area contributed by atoms with Crippen LogP contribution in [0.15, 0.2) is 24.3 Å². The van der Waals surface area contributed by atoms with Crippen molar-refractivity contribution < 1.29 is 9.59 Å². The van der Waals surface area contributed by atoms with Crippen LogP contribution in [0.3, 0.4) is 0 Å². The fraction of sp³-hybridized carbons (Fsp3) is 0.333. The molecule has 1 atom stereocenters. The first-order valence-electron chi connectivity index (χ1n) is 5.23. The van der Waals surface area contributed by atoms with Crippen LogP contribution in [0.2, 0.25) is 5.02 Å². The van der Waals surface area contributed by atoms with Crippen molar-refractivity contribution in [3.63, 3.8) is 0 Å². The maximum atomic E-state index is 11.3. The van der Waals surface area contributed by atoms with Crippen molar-refractivity contribution in [1.29, 1.82) is 0 Å². The van der Waals surface area contributed by atoms with Crippen molar-refractivity contribution in [3.05, 3.63) is 34.9 Å². The van der Waals surface area contributed by atoms with Gasteiger partial charge in [-0.25, -0.2) is 0 Å². The summed E-state index contributed by atoms with van der Waals surface area (Å²) in [7, 11) is 0. The Labute approximate surface area is 98.8 Å². The van der Waals surface area contributed by atoms with Crippen molar-refractivity contribution >= 4 is 23.4 Å². The number of benzene rings is 1. The Bertz CT molecular complexity index is 414. The summed E-state index contributed by atoms with van der Waals surface area (Å²) >= 11 is 5.77. The Morgan fingerprint density at radius 1 is 1.25 bits per heavy atom. The molecular weight excluding hydrogens is 226 g/mol. The van der Waals surface area contributed by atoms with Crippen LogP contribution in [-0.2, 0) is 16.0 Å². The molecule has 84 valence electrons. The van der Waals surface area contributed by atoms with E-state index in [0.717, 1.165) is 12.0 Å². The van der Waals surface area contributed by atoms with Gasteiger partial charge in [0.15, 0.2) is 0 Å². The number of carbonyl (C=O) groups excluding carboxylic acids is 2. The summed E-state index contributed by atoms with van der Waals surface area (Å²) in [6.45, 7) is 0. The highest BCUT2D eigenvalue weighted by molar-refractivity contribution is 6.30. The van der Waals surface area contributed by atoms with Gasteiger partial charge in [0.2, 0.25) is 11.8 Å². The zero-order valence-corrected chi connectivity index (χ0v) is 9.46. The average molecular weight is 238 g/mol. The molecule has 1 N–H and O–H groups in total. The van der Waals surface area contributed by atoms with Crippen LogP contribution in [0.25, 0.3) is 0 Å². The smallest absolute Gasteiger partial charge is 0.230 e. The van der Waals surface area contributed by atoms with Gasteiger partial charge in [0, 0.05) is 17.4 Å². The maximum absolute atomic E-state index is 11.3. The number of rotatable bonds is 3. The number of halogens is 1. The highest BCUT2D eigenvalue weighted by Crippen LogP contribution is 2.18. The van der Waals surface area contributed by atoms with Gasteiger partial charge in [0.1, 0.15) is 0 Å². The molecule has 1 aliphatic rings. The molecule has 2 rings (SSSR count). The molecule has 16 heavy (non-hydrogen) atoms. The first-order chi connectivity index (χ1) is 7.65. The average Bonchev–Trinajstić information content (AvgIpc) is 2.57. The number of hydrogen-bond acceptors (Lipinski definition) is 2. The molecule has 2 amide bonds. The third kappa shape index (κ3) is 2.61. The molecule has 0 aliphatic carbocycles. The van der Waals surface area contributed by atoms with E-state index in [2.05, 4.69) is 5.32 Å². The lowest BCUT2D eigenvalue weighted by Crippen LogP contribution is -2.22. The summed E-state index contributed by atoms with van der Waals surface area (Å²) in [5.74, 6) is -0.465. The second-order valence-corrected chi connectivity index (χ2v) is 4.42. The molecule has 3 nitrogen and oxygen atoms in total. The van der Waals surface area contributed by atoms with Crippen LogP contribution in [0, 0.1) is 5.92 Å². The van der Waals surface area contributed by atoms with Gasteiger partial charge in [-0.1, -0.05) is 23.7 Å². The highest BCUT2D eigenvalue weighted by Gasteiger charge is 2.29. The Hall–Kier alpha value is -1.35. The van der Waals surface area contributed by atoms with E-state index in [1.54, 1.807) is 0 Å². The third-order valence-electron chi connectivity index (χ3n) is 2.76. The van der Waals surface area contributed by atoms with E-state index in [1.807, 2.05) is 24.3 Å². The molecule has 0 radical (unpaired) electrons. The number of nitrogens with one attached hydrogen (secondary N) is 1. The molecular formula is C12H12ClNO2. The second-order valence-electron chi connectivity index (χ2n) is 3.98. The fourth-order valence-corrected chi connectivity index (χ4v) is 1.96. The second kappa shape index (κ2) is 4.66. The minimum Gasteiger partial charge on any atom is -0.296 e. The van der Waals surface area contributed by atoms with E-state index in [4.69, 9.17) is 11.6 Å². The van der Waals surface area contributed by atoms with Gasteiger partial charge in [-0.15, -0.1) is 0 Å². The van der Waals surface area contributed by atoms with Gasteiger partial charge in [0.05, 0.1) is 0 Å². The zero-order valence-electron chi connectivity index (χ0n) is 8.70. The molecule has 1 fully saturated rings. The molecule has 1 aromatic carbocycles. The lowest BCUT2D eigenvalue weighted by Gasteiger charge is -2.05. The van der Waals surface area contributed by atoms with E-state index in [0.29, 0.717) is 17.9 Å². The van der Waals surface area contributed by atoms with Gasteiger partial charge in [-0.2, -0.15) is 0 Å². The lowest BCUT2D eigenvalue weighted by atomic mass is 9.98. The Morgan fingerprint density at radius 3 is 2.50 bits per heavy atom. The molecule has 1 saturated heterocycles. The predicted octanol–water partition coefficient (Wildman–Crippen LogP) is 1.94. The third-order valence-corrected chi connectivity index (χ3v) is 3.01. The van der Waals surface area contributed by atoms with E-state index in [1.165, 1.54) is 0 Å². The topological polar surface area (TPSA) is 46.2 Å². The summed E-state index contributed by atoms with van der Waals surface area (Å²) in [5, 5.41) is 3.02. The Kier molecular flexibility index (Phi) is 3.25. The van der Waals surface area contributed by atoms with Crippen LogP contribution in [0.1, 0.15) is 18.4 Å². The minimum absolute atomic E-state index is 0.140. The molecule has 0 bridgehead atoms. The molecule has 0 aromatic heterocycles. The fourth-order valence-electron chi connectivity index (χ4n) is 1.83. The van der Waals surface area contributed by atoms with Gasteiger partial charge in [-0.05, 0) is 30.5 Å². The van der Waals surface area contributed by atoms with Crippen LogP contribution in [0.4, 0.5) is 0 Å². The quantitative estimate of drug-likeness (QED) is 0.817. The number of hydrogen-bond donors (Lipinski definition) is 1. The van der Waals surface area contributed by atoms with Crippen molar-refractivity contribution in [2.45, 2.75) is 19.3 Å². The Morgan fingerprint density at radius 2 is 1.94 bits per heavy atom. The standard InChI is InChI=1S/C12H12ClNO2/c13-10-5-2-8(3-6-10)1-4-9-7-11(15)14-12(9)16/h2-3,5-6,9H,1,4,7H2,(H,14,15,16). The first-order valence-corrected chi connectivity index (χ1v) is 5.61. The molecule has 0 spiro atoms. The van der Waals surface area contributed by atoms with Crippen LogP contribution in [0.5, 0.6) is 0 Å². The van der Waals surface area contributed by atoms with E-state index in [-0.39, 0.29) is 17.7 Å². The largest absolute Gasteiger partial charge is 0.296 e. The highest BCUT2D eigenvalue weighted by atomic mass is 35.5. The van der Waals surface area contributed by atoms with Gasteiger partial charge in [0.25, 0.3) is 0 Å². The van der Waals surface area contributed by atoms with E-state index in [9.17, 15) is 9.59 Å². The number of carbonyl (C=O) groups is 2. The molecule has 1 aromatic rings. The van der Waals surface area contributed by atoms with Gasteiger partial charge in [-0.3, -0.25) is 14.9 Å². The number of aryl methyl sites for hydroxylation is 1. The number of imide groups is 1. The summed E-state index contributed by atoms with van der Waals surface area (Å²) in [6.07, 6.45) is 1.83. The van der Waals surface area contributed by atoms with Gasteiger partial charge < -0.3 is 0 Å². The van der Waals surface area contributed by atoms with Crippen LogP contribution >= 0.6 is 11.6 Å². The van der Waals surface area contributed by atoms with E-state index < -0.39 is 0 Å². The van der Waals surface area contributed by atoms with Crippen molar-refractivity contribution in [1.82, 2.24) is 5.32 Å². The normalized spacial score (nSPS) is 19.9. The zero-order chi connectivity index (χ0) is 11.5.